The van der Waals surface area contributed by atoms with Gasteiger partial charge in [-0.05, 0) is 89.9 Å². The van der Waals surface area contributed by atoms with Crippen LogP contribution in [0.1, 0.15) is 265 Å². The van der Waals surface area contributed by atoms with Crippen LogP contribution in [0.3, 0.4) is 0 Å². The van der Waals surface area contributed by atoms with E-state index in [9.17, 15) is 14.4 Å². The van der Waals surface area contributed by atoms with Crippen LogP contribution >= 0.6 is 0 Å². The zero-order valence-corrected chi connectivity index (χ0v) is 43.9. The molecule has 1 atom stereocenters. The van der Waals surface area contributed by atoms with E-state index < -0.39 is 6.10 Å². The van der Waals surface area contributed by atoms with E-state index in [0.717, 1.165) is 77.0 Å². The first-order valence-electron chi connectivity index (χ1n) is 28.1. The summed E-state index contributed by atoms with van der Waals surface area (Å²) in [5.41, 5.74) is 0. The molecule has 0 N–H and O–H groups in total. The van der Waals surface area contributed by atoms with Crippen molar-refractivity contribution in [3.05, 3.63) is 85.1 Å². The number of hydrogen-bond acceptors (Lipinski definition) is 6. The van der Waals surface area contributed by atoms with Crippen LogP contribution in [-0.4, -0.2) is 37.2 Å². The Morgan fingerprint density at radius 3 is 0.955 bits per heavy atom. The summed E-state index contributed by atoms with van der Waals surface area (Å²) in [5.74, 6) is -0.991. The van der Waals surface area contributed by atoms with Crippen LogP contribution in [0.2, 0.25) is 0 Å². The molecule has 6 nitrogen and oxygen atoms in total. The monoisotopic (exact) mass is 933 g/mol. The quantitative estimate of drug-likeness (QED) is 0.0262. The van der Waals surface area contributed by atoms with Gasteiger partial charge < -0.3 is 14.2 Å². The van der Waals surface area contributed by atoms with Crippen LogP contribution in [-0.2, 0) is 28.6 Å². The Balaban J connectivity index is 4.50. The molecule has 0 bridgehead atoms. The molecule has 0 radical (unpaired) electrons. The van der Waals surface area contributed by atoms with Gasteiger partial charge in [-0.1, -0.05) is 241 Å². The summed E-state index contributed by atoms with van der Waals surface area (Å²) in [6, 6.07) is 0. The third-order valence-electron chi connectivity index (χ3n) is 11.9. The van der Waals surface area contributed by atoms with Gasteiger partial charge >= 0.3 is 17.9 Å². The molecule has 384 valence electrons. The second kappa shape index (κ2) is 55.2. The van der Waals surface area contributed by atoms with Gasteiger partial charge in [0.15, 0.2) is 6.10 Å². The van der Waals surface area contributed by atoms with E-state index in [-0.39, 0.29) is 37.5 Å². The molecule has 0 aliphatic carbocycles. The number of unbranched alkanes of at least 4 members (excludes halogenated alkanes) is 25. The van der Waals surface area contributed by atoms with Crippen LogP contribution in [0.25, 0.3) is 0 Å². The average molecular weight is 933 g/mol. The maximum Gasteiger partial charge on any atom is 0.306 e. The zero-order valence-electron chi connectivity index (χ0n) is 43.9. The van der Waals surface area contributed by atoms with Crippen molar-refractivity contribution >= 4 is 17.9 Å². The Morgan fingerprint density at radius 2 is 0.567 bits per heavy atom. The van der Waals surface area contributed by atoms with Crippen LogP contribution in [0, 0.1) is 0 Å². The van der Waals surface area contributed by atoms with Crippen molar-refractivity contribution in [1.29, 1.82) is 0 Å². The highest BCUT2D eigenvalue weighted by molar-refractivity contribution is 5.71. The van der Waals surface area contributed by atoms with E-state index in [1.54, 1.807) is 0 Å². The van der Waals surface area contributed by atoms with Gasteiger partial charge in [0.2, 0.25) is 0 Å². The molecule has 0 heterocycles. The minimum atomic E-state index is -0.809. The molecule has 0 saturated carbocycles. The minimum Gasteiger partial charge on any atom is -0.462 e. The lowest BCUT2D eigenvalue weighted by Crippen LogP contribution is -2.30. The van der Waals surface area contributed by atoms with Crippen LogP contribution in [0.4, 0.5) is 0 Å². The molecular formula is C61H104O6. The number of rotatable bonds is 50. The lowest BCUT2D eigenvalue weighted by Gasteiger charge is -2.18. The predicted molar refractivity (Wildman–Crippen MR) is 288 cm³/mol. The number of ether oxygens (including phenoxy) is 3. The summed E-state index contributed by atoms with van der Waals surface area (Å²) < 4.78 is 16.8. The fourth-order valence-corrected chi connectivity index (χ4v) is 7.63. The fourth-order valence-electron chi connectivity index (χ4n) is 7.63. The third-order valence-corrected chi connectivity index (χ3v) is 11.9. The molecule has 0 amide bonds. The second-order valence-corrected chi connectivity index (χ2v) is 18.5. The van der Waals surface area contributed by atoms with Crippen molar-refractivity contribution in [3.8, 4) is 0 Å². The highest BCUT2D eigenvalue weighted by Crippen LogP contribution is 2.15. The Bertz CT molecular complexity index is 1300. The molecule has 0 saturated heterocycles. The lowest BCUT2D eigenvalue weighted by atomic mass is 10.0. The summed E-state index contributed by atoms with van der Waals surface area (Å²) in [6.07, 6.45) is 71.5. The Labute approximate surface area is 414 Å². The van der Waals surface area contributed by atoms with Gasteiger partial charge in [0.25, 0.3) is 0 Å². The number of hydrogen-bond donors (Lipinski definition) is 0. The maximum absolute atomic E-state index is 12.8. The number of esters is 3. The zero-order chi connectivity index (χ0) is 48.6. The first kappa shape index (κ1) is 63.6. The Kier molecular flexibility index (Phi) is 52.4. The molecule has 67 heavy (non-hydrogen) atoms. The van der Waals surface area contributed by atoms with E-state index in [4.69, 9.17) is 14.2 Å². The SMILES string of the molecule is CCCCC/C=C\C/C=C\C/C=C\C/C=C\C/C=C\CCC(=O)OC[C@H](COC(=O)CCCCCCCCCCCCCCC)OC(=O)CCCCCCCCC/C=C\C/C=C\CCCCC. The first-order valence-corrected chi connectivity index (χ1v) is 28.1. The van der Waals surface area contributed by atoms with Gasteiger partial charge in [-0.25, -0.2) is 0 Å². The molecule has 0 rings (SSSR count). The minimum absolute atomic E-state index is 0.101. The highest BCUT2D eigenvalue weighted by Gasteiger charge is 2.19. The van der Waals surface area contributed by atoms with E-state index in [0.29, 0.717) is 19.3 Å². The van der Waals surface area contributed by atoms with Gasteiger partial charge in [-0.3, -0.25) is 14.4 Å². The normalized spacial score (nSPS) is 12.7. The van der Waals surface area contributed by atoms with Crippen molar-refractivity contribution in [2.45, 2.75) is 271 Å². The van der Waals surface area contributed by atoms with Gasteiger partial charge in [-0.2, -0.15) is 0 Å². The molecule has 0 fully saturated rings. The van der Waals surface area contributed by atoms with Gasteiger partial charge in [0, 0.05) is 19.3 Å². The van der Waals surface area contributed by atoms with E-state index in [1.807, 2.05) is 6.08 Å². The number of allylic oxidation sites excluding steroid dienone is 14. The molecule has 0 aliphatic rings. The van der Waals surface area contributed by atoms with Crippen molar-refractivity contribution in [2.75, 3.05) is 13.2 Å². The molecular weight excluding hydrogens is 829 g/mol. The Hall–Kier alpha value is -3.41. The first-order chi connectivity index (χ1) is 33.0. The topological polar surface area (TPSA) is 78.9 Å². The molecule has 0 aromatic heterocycles. The van der Waals surface area contributed by atoms with Gasteiger partial charge in [-0.15, -0.1) is 0 Å². The van der Waals surface area contributed by atoms with Crippen LogP contribution in [0.5, 0.6) is 0 Å². The van der Waals surface area contributed by atoms with Crippen molar-refractivity contribution in [2.24, 2.45) is 0 Å². The van der Waals surface area contributed by atoms with E-state index in [2.05, 4.69) is 99.8 Å². The maximum atomic E-state index is 12.8. The number of carbonyl (C=O) groups is 3. The van der Waals surface area contributed by atoms with E-state index >= 15 is 0 Å². The molecule has 0 aromatic carbocycles. The molecule has 0 unspecified atom stereocenters. The lowest BCUT2D eigenvalue weighted by molar-refractivity contribution is -0.166. The van der Waals surface area contributed by atoms with Gasteiger partial charge in [0.1, 0.15) is 13.2 Å². The van der Waals surface area contributed by atoms with Crippen molar-refractivity contribution < 1.29 is 28.6 Å². The smallest absolute Gasteiger partial charge is 0.306 e. The fraction of sp³-hybridized carbons (Fsp3) is 0.721. The third kappa shape index (κ3) is 53.4. The molecule has 0 aliphatic heterocycles. The highest BCUT2D eigenvalue weighted by atomic mass is 16.6. The summed E-state index contributed by atoms with van der Waals surface area (Å²) in [6.45, 7) is 6.52. The second-order valence-electron chi connectivity index (χ2n) is 18.5. The summed E-state index contributed by atoms with van der Waals surface area (Å²) in [4.78, 5) is 38.1. The summed E-state index contributed by atoms with van der Waals surface area (Å²) in [5, 5.41) is 0. The average Bonchev–Trinajstić information content (AvgIpc) is 3.33. The van der Waals surface area contributed by atoms with Crippen molar-refractivity contribution in [1.82, 2.24) is 0 Å². The molecule has 0 spiro atoms. The summed E-state index contributed by atoms with van der Waals surface area (Å²) in [7, 11) is 0. The Morgan fingerprint density at radius 1 is 0.299 bits per heavy atom. The number of carbonyl (C=O) groups excluding carboxylic acids is 3. The molecule has 6 heteroatoms. The largest absolute Gasteiger partial charge is 0.462 e. The summed E-state index contributed by atoms with van der Waals surface area (Å²) >= 11 is 0. The standard InChI is InChI=1S/C61H104O6/c1-4-7-10-13-16-19-22-25-27-29-30-32-33-36-39-42-45-48-51-54-60(63)66-57-58(56-65-59(62)53-50-47-44-41-38-35-24-21-18-15-12-9-6-3)67-61(64)55-52-49-46-43-40-37-34-31-28-26-23-20-17-14-11-8-5-2/h16-17,19-20,25-28,30,32,36,39,45,48,58H,4-15,18,21-24,29,31,33-35,37-38,40-44,46-47,49-57H2,1-3H3/b19-16-,20-17-,27-25-,28-26-,32-30-,39-36-,48-45-/t58-/m0/s1. The molecule has 0 aromatic rings. The van der Waals surface area contributed by atoms with Gasteiger partial charge in [0.05, 0.1) is 0 Å². The van der Waals surface area contributed by atoms with Crippen LogP contribution in [0.15, 0.2) is 85.1 Å². The van der Waals surface area contributed by atoms with Crippen LogP contribution < -0.4 is 0 Å². The predicted octanol–water partition coefficient (Wildman–Crippen LogP) is 18.8. The van der Waals surface area contributed by atoms with Crippen molar-refractivity contribution in [3.63, 3.8) is 0 Å². The van der Waals surface area contributed by atoms with E-state index in [1.165, 1.54) is 141 Å².